The number of amides is 1. The summed E-state index contributed by atoms with van der Waals surface area (Å²) in [6.07, 6.45) is 6.98. The fourth-order valence-corrected chi connectivity index (χ4v) is 8.01. The van der Waals surface area contributed by atoms with Gasteiger partial charge in [-0.3, -0.25) is 14.6 Å². The molecule has 0 saturated carbocycles. The van der Waals surface area contributed by atoms with E-state index in [1.165, 1.54) is 24.0 Å². The van der Waals surface area contributed by atoms with E-state index in [1.807, 2.05) is 35.2 Å². The van der Waals surface area contributed by atoms with E-state index in [0.29, 0.717) is 26.5 Å². The number of carbonyl (C=O) groups excluding carboxylic acids is 1. The molecule has 2 saturated heterocycles. The number of piperazine rings is 2. The first kappa shape index (κ1) is 34.7. The minimum absolute atomic E-state index is 0.259. The number of anilines is 3. The molecule has 0 N–H and O–H groups in total. The Balaban J connectivity index is 0.897. The predicted molar refractivity (Wildman–Crippen MR) is 200 cm³/mol. The van der Waals surface area contributed by atoms with Crippen molar-refractivity contribution in [2.75, 3.05) is 86.7 Å². The zero-order valence-electron chi connectivity index (χ0n) is 27.1. The van der Waals surface area contributed by atoms with Gasteiger partial charge in [-0.2, -0.15) is 0 Å². The van der Waals surface area contributed by atoms with Gasteiger partial charge < -0.3 is 14.7 Å². The fraction of sp³-hybridized carbons (Fsp3) is 0.486. The topological polar surface area (TPSA) is 33.3 Å². The standard InChI is InChI=1S/C37H45Cl4N5O/c38-30-8-5-10-33(36(30)40)44-23-19-42(20-24-44)16-2-1-7-28-12-14-32-29(27-28)13-15-35(47)46(32)18-4-3-17-43-21-25-45(26-22-43)34-11-6-9-31(39)37(34)41/h5-6,8-12,14,27H,1-4,7,13,15-26H2. The number of aryl methyl sites for hydroxylation is 2. The van der Waals surface area contributed by atoms with Crippen molar-refractivity contribution in [3.63, 3.8) is 0 Å². The molecule has 0 aliphatic carbocycles. The summed E-state index contributed by atoms with van der Waals surface area (Å²) in [7, 11) is 0. The third kappa shape index (κ3) is 8.70. The van der Waals surface area contributed by atoms with E-state index in [2.05, 4.69) is 43.9 Å². The first-order valence-corrected chi connectivity index (χ1v) is 18.6. The Morgan fingerprint density at radius 3 is 1.66 bits per heavy atom. The average Bonchev–Trinajstić information content (AvgIpc) is 3.09. The molecule has 0 spiro atoms. The van der Waals surface area contributed by atoms with Gasteiger partial charge in [0.1, 0.15) is 0 Å². The van der Waals surface area contributed by atoms with Crippen molar-refractivity contribution in [3.8, 4) is 0 Å². The molecular formula is C37H45Cl4N5O. The van der Waals surface area contributed by atoms with Crippen LogP contribution in [0.2, 0.25) is 20.1 Å². The van der Waals surface area contributed by atoms with Crippen LogP contribution in [0.15, 0.2) is 54.6 Å². The van der Waals surface area contributed by atoms with Crippen LogP contribution >= 0.6 is 46.4 Å². The Labute approximate surface area is 300 Å². The largest absolute Gasteiger partial charge is 0.368 e. The molecule has 6 nitrogen and oxygen atoms in total. The monoisotopic (exact) mass is 715 g/mol. The number of carbonyl (C=O) groups is 1. The molecule has 3 aliphatic rings. The van der Waals surface area contributed by atoms with Gasteiger partial charge in [-0.1, -0.05) is 70.7 Å². The van der Waals surface area contributed by atoms with Gasteiger partial charge in [0.15, 0.2) is 0 Å². The normalized spacial score (nSPS) is 17.8. The maximum atomic E-state index is 12.9. The maximum absolute atomic E-state index is 12.9. The first-order valence-electron chi connectivity index (χ1n) is 17.1. The molecule has 3 aromatic carbocycles. The lowest BCUT2D eigenvalue weighted by atomic mass is 9.96. The van der Waals surface area contributed by atoms with Crippen molar-refractivity contribution in [1.29, 1.82) is 0 Å². The van der Waals surface area contributed by atoms with Gasteiger partial charge in [0.2, 0.25) is 5.91 Å². The summed E-state index contributed by atoms with van der Waals surface area (Å²) in [4.78, 5) is 24.7. The second-order valence-electron chi connectivity index (χ2n) is 13.0. The molecule has 47 heavy (non-hydrogen) atoms. The number of halogens is 4. The summed E-state index contributed by atoms with van der Waals surface area (Å²) in [6.45, 7) is 10.9. The van der Waals surface area contributed by atoms with Gasteiger partial charge in [-0.25, -0.2) is 0 Å². The molecule has 3 aromatic rings. The second-order valence-corrected chi connectivity index (χ2v) is 14.5. The van der Waals surface area contributed by atoms with Crippen molar-refractivity contribution < 1.29 is 4.79 Å². The Morgan fingerprint density at radius 1 is 0.553 bits per heavy atom. The summed E-state index contributed by atoms with van der Waals surface area (Å²) >= 11 is 25.4. The highest BCUT2D eigenvalue weighted by Crippen LogP contribution is 2.34. The zero-order chi connectivity index (χ0) is 32.8. The maximum Gasteiger partial charge on any atom is 0.227 e. The summed E-state index contributed by atoms with van der Waals surface area (Å²) in [5, 5.41) is 2.52. The highest BCUT2D eigenvalue weighted by atomic mass is 35.5. The summed E-state index contributed by atoms with van der Waals surface area (Å²) in [6, 6.07) is 18.5. The van der Waals surface area contributed by atoms with Gasteiger partial charge in [-0.15, -0.1) is 0 Å². The van der Waals surface area contributed by atoms with Crippen LogP contribution in [0.4, 0.5) is 17.1 Å². The fourth-order valence-electron chi connectivity index (χ4n) is 7.18. The van der Waals surface area contributed by atoms with E-state index in [4.69, 9.17) is 46.4 Å². The van der Waals surface area contributed by atoms with Gasteiger partial charge in [-0.05, 0) is 93.1 Å². The van der Waals surface area contributed by atoms with Gasteiger partial charge >= 0.3 is 0 Å². The SMILES string of the molecule is O=C1CCc2cc(CCCCN3CCN(c4cccc(Cl)c4Cl)CC3)ccc2N1CCCCN1CCN(c2cccc(Cl)c2Cl)CC1. The highest BCUT2D eigenvalue weighted by Gasteiger charge is 2.25. The molecular weight excluding hydrogens is 672 g/mol. The summed E-state index contributed by atoms with van der Waals surface area (Å²) in [5.41, 5.74) is 5.90. The smallest absolute Gasteiger partial charge is 0.227 e. The van der Waals surface area contributed by atoms with E-state index in [9.17, 15) is 4.79 Å². The minimum Gasteiger partial charge on any atom is -0.368 e. The van der Waals surface area contributed by atoms with Gasteiger partial charge in [0.25, 0.3) is 0 Å². The van der Waals surface area contributed by atoms with Crippen LogP contribution in [0.1, 0.15) is 43.2 Å². The number of hydrogen-bond donors (Lipinski definition) is 0. The lowest BCUT2D eigenvalue weighted by Gasteiger charge is -2.36. The molecule has 10 heteroatoms. The minimum atomic E-state index is 0.259. The number of unbranched alkanes of at least 4 members (excludes halogenated alkanes) is 2. The Hall–Kier alpha value is -2.19. The first-order chi connectivity index (χ1) is 22.9. The van der Waals surface area contributed by atoms with Crippen molar-refractivity contribution >= 4 is 69.4 Å². The molecule has 252 valence electrons. The van der Waals surface area contributed by atoms with E-state index < -0.39 is 0 Å². The molecule has 0 aromatic heterocycles. The van der Waals surface area contributed by atoms with Gasteiger partial charge in [0, 0.05) is 71.0 Å². The third-order valence-corrected chi connectivity index (χ3v) is 11.5. The van der Waals surface area contributed by atoms with E-state index >= 15 is 0 Å². The third-order valence-electron chi connectivity index (χ3n) is 9.93. The van der Waals surface area contributed by atoms with Crippen molar-refractivity contribution in [3.05, 3.63) is 85.8 Å². The van der Waals surface area contributed by atoms with E-state index in [-0.39, 0.29) is 5.91 Å². The number of rotatable bonds is 12. The van der Waals surface area contributed by atoms with Crippen LogP contribution in [0, 0.1) is 0 Å². The zero-order valence-corrected chi connectivity index (χ0v) is 30.1. The average molecular weight is 718 g/mol. The molecule has 0 unspecified atom stereocenters. The van der Waals surface area contributed by atoms with Gasteiger partial charge in [0.05, 0.1) is 31.5 Å². The highest BCUT2D eigenvalue weighted by molar-refractivity contribution is 6.44. The van der Waals surface area contributed by atoms with E-state index in [0.717, 1.165) is 115 Å². The van der Waals surface area contributed by atoms with Crippen LogP contribution in [0.5, 0.6) is 0 Å². The number of nitrogens with zero attached hydrogens (tertiary/aromatic N) is 5. The second kappa shape index (κ2) is 16.5. The molecule has 6 rings (SSSR count). The van der Waals surface area contributed by atoms with Crippen LogP contribution in [0.3, 0.4) is 0 Å². The predicted octanol–water partition coefficient (Wildman–Crippen LogP) is 8.33. The Bertz CT molecular complexity index is 1520. The number of fused-ring (bicyclic) bond motifs is 1. The van der Waals surface area contributed by atoms with Crippen LogP contribution in [-0.2, 0) is 17.6 Å². The molecule has 3 aliphatic heterocycles. The lowest BCUT2D eigenvalue weighted by Crippen LogP contribution is -2.46. The molecule has 1 amide bonds. The Morgan fingerprint density at radius 2 is 1.09 bits per heavy atom. The molecule has 3 heterocycles. The Kier molecular flexibility index (Phi) is 12.2. The molecule has 2 fully saturated rings. The molecule has 0 bridgehead atoms. The van der Waals surface area contributed by atoms with Crippen molar-refractivity contribution in [2.45, 2.75) is 44.9 Å². The van der Waals surface area contributed by atoms with Crippen molar-refractivity contribution in [2.24, 2.45) is 0 Å². The number of hydrogen-bond acceptors (Lipinski definition) is 5. The van der Waals surface area contributed by atoms with Crippen LogP contribution < -0.4 is 14.7 Å². The van der Waals surface area contributed by atoms with Crippen LogP contribution in [-0.4, -0.2) is 87.7 Å². The lowest BCUT2D eigenvalue weighted by molar-refractivity contribution is -0.118. The summed E-state index contributed by atoms with van der Waals surface area (Å²) in [5.74, 6) is 0.259. The van der Waals surface area contributed by atoms with E-state index in [1.54, 1.807) is 0 Å². The van der Waals surface area contributed by atoms with Crippen LogP contribution in [0.25, 0.3) is 0 Å². The van der Waals surface area contributed by atoms with Crippen molar-refractivity contribution in [1.82, 2.24) is 9.80 Å². The molecule has 0 radical (unpaired) electrons. The molecule has 0 atom stereocenters. The quantitative estimate of drug-likeness (QED) is 0.176. The summed E-state index contributed by atoms with van der Waals surface area (Å²) < 4.78 is 0. The number of benzene rings is 3.